The summed E-state index contributed by atoms with van der Waals surface area (Å²) in [6.07, 6.45) is 4.99. The minimum Gasteiger partial charge on any atom is -1.00 e. The predicted octanol–water partition coefficient (Wildman–Crippen LogP) is 2.91. The number of allylic oxidation sites excluding steroid dienone is 4. The fourth-order valence-electron chi connectivity index (χ4n) is 5.02. The molecule has 2 aliphatic carbocycles. The van der Waals surface area contributed by atoms with Crippen LogP contribution in [0.5, 0.6) is 0 Å². The van der Waals surface area contributed by atoms with E-state index in [4.69, 9.17) is 0 Å². The average Bonchev–Trinajstić information content (AvgIpc) is 3.18. The predicted molar refractivity (Wildman–Crippen MR) is 136 cm³/mol. The van der Waals surface area contributed by atoms with Gasteiger partial charge in [-0.15, -0.1) is 0 Å². The van der Waals surface area contributed by atoms with Crippen molar-refractivity contribution in [3.8, 4) is 11.1 Å². The van der Waals surface area contributed by atoms with Crippen molar-refractivity contribution in [1.82, 2.24) is 0 Å². The third-order valence-electron chi connectivity index (χ3n) is 7.26. The SMILES string of the molecule is CC1C=C(C(C)(C)C)C=C1c1cc(C(C)(C)C)cc2c1[CH]([Zr+2])c1ccc(C(C)(C)C)cc1-2.[Cl-].[Cl-]. The first-order chi connectivity index (χ1) is 14.6. The first-order valence-electron chi connectivity index (χ1n) is 12.1. The van der Waals surface area contributed by atoms with Gasteiger partial charge in [-0.2, -0.15) is 0 Å². The van der Waals surface area contributed by atoms with E-state index in [1.54, 1.807) is 30.3 Å². The molecule has 0 fully saturated rings. The maximum absolute atomic E-state index is 2.52. The number of rotatable bonds is 1. The molecule has 0 heterocycles. The minimum atomic E-state index is 0. The summed E-state index contributed by atoms with van der Waals surface area (Å²) in [6.45, 7) is 23.4. The minimum absolute atomic E-state index is 0. The van der Waals surface area contributed by atoms with Crippen LogP contribution in [-0.4, -0.2) is 0 Å². The second-order valence-corrected chi connectivity index (χ2v) is 14.4. The number of hydrogen-bond donors (Lipinski definition) is 0. The van der Waals surface area contributed by atoms with E-state index in [9.17, 15) is 0 Å². The summed E-state index contributed by atoms with van der Waals surface area (Å²) < 4.78 is 0.511. The van der Waals surface area contributed by atoms with Crippen LogP contribution in [0.2, 0.25) is 0 Å². The normalized spacial score (nSPS) is 19.5. The molecule has 2 aromatic carbocycles. The van der Waals surface area contributed by atoms with Crippen LogP contribution in [0.3, 0.4) is 0 Å². The Morgan fingerprint density at radius 2 is 1.21 bits per heavy atom. The molecular formula is C31H39Cl2Zr. The first kappa shape index (κ1) is 29.6. The fourth-order valence-corrected chi connectivity index (χ4v) is 6.40. The number of halogens is 2. The van der Waals surface area contributed by atoms with Crippen molar-refractivity contribution in [2.45, 2.75) is 83.7 Å². The molecule has 181 valence electrons. The molecule has 3 heteroatoms. The fraction of sp³-hybridized carbons (Fsp3) is 0.484. The topological polar surface area (TPSA) is 0 Å². The van der Waals surface area contributed by atoms with Gasteiger partial charge in [-0.05, 0) is 0 Å². The van der Waals surface area contributed by atoms with Gasteiger partial charge in [-0.3, -0.25) is 0 Å². The number of fused-ring (bicyclic) bond motifs is 3. The van der Waals surface area contributed by atoms with Gasteiger partial charge >= 0.3 is 212 Å². The van der Waals surface area contributed by atoms with Crippen molar-refractivity contribution in [2.24, 2.45) is 11.3 Å². The van der Waals surface area contributed by atoms with E-state index in [-0.39, 0.29) is 41.1 Å². The standard InChI is InChI=1S/C31H39.2ClH.Zr/c1-19-13-22(30(5,6)7)16-24(19)27-17-23(31(8,9)10)18-28-25-15-21(29(2,3)4)12-11-20(25)14-26(27)28;;;/h11-19H,1-10H3;2*1H;/q;;;+2/p-2. The van der Waals surface area contributed by atoms with Crippen molar-refractivity contribution in [3.05, 3.63) is 75.9 Å². The van der Waals surface area contributed by atoms with Crippen molar-refractivity contribution in [2.75, 3.05) is 0 Å². The van der Waals surface area contributed by atoms with Gasteiger partial charge in [0.2, 0.25) is 0 Å². The van der Waals surface area contributed by atoms with E-state index in [2.05, 4.69) is 112 Å². The van der Waals surface area contributed by atoms with Crippen molar-refractivity contribution < 1.29 is 49.5 Å². The summed E-state index contributed by atoms with van der Waals surface area (Å²) >= 11 is 1.58. The molecule has 0 spiro atoms. The molecule has 2 aromatic rings. The summed E-state index contributed by atoms with van der Waals surface area (Å²) in [7, 11) is 0. The van der Waals surface area contributed by atoms with Gasteiger partial charge in [0.15, 0.2) is 0 Å². The van der Waals surface area contributed by atoms with Gasteiger partial charge in [0.1, 0.15) is 0 Å². The van der Waals surface area contributed by atoms with E-state index in [1.807, 2.05) is 0 Å². The Kier molecular flexibility index (Phi) is 8.44. The van der Waals surface area contributed by atoms with Gasteiger partial charge in [-0.25, -0.2) is 0 Å². The maximum atomic E-state index is 2.52. The van der Waals surface area contributed by atoms with Gasteiger partial charge in [0.25, 0.3) is 0 Å². The molecule has 0 bridgehead atoms. The van der Waals surface area contributed by atoms with E-state index in [1.165, 1.54) is 44.5 Å². The van der Waals surface area contributed by atoms with E-state index < -0.39 is 0 Å². The number of benzene rings is 2. The van der Waals surface area contributed by atoms with E-state index in [0.717, 1.165) is 0 Å². The van der Waals surface area contributed by atoms with E-state index in [0.29, 0.717) is 9.54 Å². The Bertz CT molecular complexity index is 1150. The van der Waals surface area contributed by atoms with Crippen LogP contribution in [0.25, 0.3) is 16.7 Å². The molecule has 0 saturated heterocycles. The summed E-state index contributed by atoms with van der Waals surface area (Å²) in [5.74, 6) is 0.459. The molecule has 0 nitrogen and oxygen atoms in total. The molecule has 0 aliphatic heterocycles. The summed E-state index contributed by atoms with van der Waals surface area (Å²) in [5, 5.41) is 0. The van der Waals surface area contributed by atoms with Crippen molar-refractivity contribution in [1.29, 1.82) is 0 Å². The van der Waals surface area contributed by atoms with Crippen LogP contribution in [0.4, 0.5) is 0 Å². The molecule has 2 unspecified atom stereocenters. The van der Waals surface area contributed by atoms with Crippen LogP contribution in [0.15, 0.2) is 48.1 Å². The molecule has 0 N–H and O–H groups in total. The second kappa shape index (κ2) is 9.69. The van der Waals surface area contributed by atoms with Crippen LogP contribution < -0.4 is 24.8 Å². The van der Waals surface area contributed by atoms with Crippen LogP contribution in [0, 0.1) is 11.3 Å². The molecular weight excluding hydrogens is 534 g/mol. The molecule has 2 atom stereocenters. The van der Waals surface area contributed by atoms with Crippen LogP contribution in [-0.2, 0) is 35.5 Å². The third-order valence-corrected chi connectivity index (χ3v) is 8.74. The molecule has 0 amide bonds. The van der Waals surface area contributed by atoms with Crippen molar-refractivity contribution in [3.63, 3.8) is 0 Å². The number of hydrogen-bond acceptors (Lipinski definition) is 0. The summed E-state index contributed by atoms with van der Waals surface area (Å²) in [4.78, 5) is 0. The van der Waals surface area contributed by atoms with Gasteiger partial charge in [-0.1, -0.05) is 0 Å². The Morgan fingerprint density at radius 1 is 0.676 bits per heavy atom. The Balaban J connectivity index is 0.00000204. The first-order valence-corrected chi connectivity index (χ1v) is 13.5. The zero-order valence-corrected chi connectivity index (χ0v) is 26.4. The Labute approximate surface area is 235 Å². The van der Waals surface area contributed by atoms with Gasteiger partial charge < -0.3 is 24.8 Å². The van der Waals surface area contributed by atoms with Crippen molar-refractivity contribution >= 4 is 5.57 Å². The molecule has 0 aromatic heterocycles. The monoisotopic (exact) mass is 571 g/mol. The third kappa shape index (κ3) is 5.24. The smallest absolute Gasteiger partial charge is 1.00 e. The summed E-state index contributed by atoms with van der Waals surface area (Å²) in [6, 6.07) is 12.3. The Morgan fingerprint density at radius 3 is 1.71 bits per heavy atom. The largest absolute Gasteiger partial charge is 1.00 e. The molecule has 0 radical (unpaired) electrons. The maximum Gasteiger partial charge on any atom is -1.00 e. The Hall–Kier alpha value is -0.617. The van der Waals surface area contributed by atoms with E-state index >= 15 is 0 Å². The van der Waals surface area contributed by atoms with Gasteiger partial charge in [0.05, 0.1) is 0 Å². The average molecular weight is 574 g/mol. The molecule has 4 rings (SSSR count). The molecule has 0 saturated carbocycles. The van der Waals surface area contributed by atoms with Crippen LogP contribution >= 0.6 is 0 Å². The molecule has 2 aliphatic rings. The van der Waals surface area contributed by atoms with Crippen LogP contribution in [0.1, 0.15) is 101 Å². The second-order valence-electron chi connectivity index (χ2n) is 13.0. The molecule has 34 heavy (non-hydrogen) atoms. The zero-order chi connectivity index (χ0) is 23.8. The van der Waals surface area contributed by atoms with Gasteiger partial charge in [0, 0.05) is 0 Å². The summed E-state index contributed by atoms with van der Waals surface area (Å²) in [5.41, 5.74) is 13.8. The zero-order valence-electron chi connectivity index (χ0n) is 22.5. The quantitative estimate of drug-likeness (QED) is 0.493.